The number of carboxylic acid groups (broad SMARTS) is 1. The molecule has 1 heterocycles. The topological polar surface area (TPSA) is 85.7 Å². The van der Waals surface area contributed by atoms with Gasteiger partial charge >= 0.3 is 6.09 Å². The van der Waals surface area contributed by atoms with Gasteiger partial charge in [-0.3, -0.25) is 9.88 Å². The summed E-state index contributed by atoms with van der Waals surface area (Å²) in [5.74, 6) is 0. The van der Waals surface area contributed by atoms with Crippen molar-refractivity contribution in [2.75, 3.05) is 0 Å². The van der Waals surface area contributed by atoms with Crippen molar-refractivity contribution in [3.05, 3.63) is 162 Å². The van der Waals surface area contributed by atoms with Crippen molar-refractivity contribution < 1.29 is 15.0 Å². The third-order valence-corrected chi connectivity index (χ3v) is 7.91. The van der Waals surface area contributed by atoms with Gasteiger partial charge in [-0.15, -0.1) is 0 Å². The maximum atomic E-state index is 12.0. The summed E-state index contributed by atoms with van der Waals surface area (Å²) in [5, 5.41) is 24.3. The van der Waals surface area contributed by atoms with E-state index < -0.39 is 18.2 Å². The van der Waals surface area contributed by atoms with Gasteiger partial charge < -0.3 is 15.5 Å². The average Bonchev–Trinajstić information content (AvgIpc) is 3.05. The Morgan fingerprint density at radius 1 is 0.659 bits per heavy atom. The van der Waals surface area contributed by atoms with Gasteiger partial charge in [-0.1, -0.05) is 121 Å². The van der Waals surface area contributed by atoms with E-state index in [2.05, 4.69) is 63.7 Å². The van der Waals surface area contributed by atoms with Crippen LogP contribution in [0.25, 0.3) is 11.3 Å². The summed E-state index contributed by atoms with van der Waals surface area (Å²) in [6.45, 7) is 1.28. The Hall–Kier alpha value is -4.78. The molecule has 0 fully saturated rings. The largest absolute Gasteiger partial charge is 0.465 e. The number of amides is 1. The van der Waals surface area contributed by atoms with Crippen LogP contribution in [0.15, 0.2) is 140 Å². The molecule has 224 valence electrons. The molecule has 0 saturated carbocycles. The summed E-state index contributed by atoms with van der Waals surface area (Å²) in [6, 6.07) is 43.9. The molecule has 5 aromatic rings. The molecule has 0 saturated heterocycles. The summed E-state index contributed by atoms with van der Waals surface area (Å²) < 4.78 is 0. The summed E-state index contributed by atoms with van der Waals surface area (Å²) in [6.07, 6.45) is 1.25. The molecule has 3 N–H and O–H groups in total. The fourth-order valence-corrected chi connectivity index (χ4v) is 5.74. The maximum absolute atomic E-state index is 12.0. The zero-order chi connectivity index (χ0) is 30.6. The Kier molecular flexibility index (Phi) is 10.9. The quantitative estimate of drug-likeness (QED) is 0.131. The molecule has 4 aromatic carbocycles. The van der Waals surface area contributed by atoms with Crippen LogP contribution in [0.3, 0.4) is 0 Å². The smallest absolute Gasteiger partial charge is 0.404 e. The fourth-order valence-electron chi connectivity index (χ4n) is 5.74. The van der Waals surface area contributed by atoms with E-state index in [9.17, 15) is 15.0 Å². The van der Waals surface area contributed by atoms with E-state index in [1.807, 2.05) is 84.9 Å². The lowest BCUT2D eigenvalue weighted by atomic mass is 9.91. The third-order valence-electron chi connectivity index (χ3n) is 7.91. The number of hydrogen-bond acceptors (Lipinski definition) is 4. The van der Waals surface area contributed by atoms with E-state index in [-0.39, 0.29) is 12.5 Å². The highest BCUT2D eigenvalue weighted by molar-refractivity contribution is 5.65. The van der Waals surface area contributed by atoms with Crippen molar-refractivity contribution >= 4 is 6.09 Å². The van der Waals surface area contributed by atoms with Crippen molar-refractivity contribution in [3.63, 3.8) is 0 Å². The molecule has 6 nitrogen and oxygen atoms in total. The highest BCUT2D eigenvalue weighted by Gasteiger charge is 2.30. The summed E-state index contributed by atoms with van der Waals surface area (Å²) >= 11 is 0. The van der Waals surface area contributed by atoms with Gasteiger partial charge in [0.25, 0.3) is 0 Å². The summed E-state index contributed by atoms with van der Waals surface area (Å²) in [7, 11) is 0. The Balaban J connectivity index is 1.45. The normalized spacial score (nSPS) is 13.2. The predicted octanol–water partition coefficient (Wildman–Crippen LogP) is 6.99. The molecule has 5 rings (SSSR count). The molecule has 6 heteroatoms. The van der Waals surface area contributed by atoms with E-state index in [4.69, 9.17) is 0 Å². The van der Waals surface area contributed by atoms with Gasteiger partial charge in [0.1, 0.15) is 0 Å². The Morgan fingerprint density at radius 2 is 1.18 bits per heavy atom. The van der Waals surface area contributed by atoms with E-state index in [1.165, 1.54) is 0 Å². The van der Waals surface area contributed by atoms with Crippen LogP contribution in [0.2, 0.25) is 0 Å². The lowest BCUT2D eigenvalue weighted by Crippen LogP contribution is -2.48. The molecule has 0 aliphatic heterocycles. The molecule has 0 spiro atoms. The molecule has 0 radical (unpaired) electrons. The molecular formula is C38H39N3O3. The summed E-state index contributed by atoms with van der Waals surface area (Å²) in [4.78, 5) is 18.6. The standard InChI is InChI=1S/C38H39N3O3/c42-37(26-34(40-38(43)44)24-29-12-4-1-5-13-29)36(25-30-19-21-33(22-20-30)35-18-10-11-23-39-35)41(27-31-14-6-2-7-15-31)28-32-16-8-3-9-17-32/h1-23,34,36-37,40,42H,24-28H2,(H,43,44). The number of nitrogens with one attached hydrogen (secondary N) is 1. The second kappa shape index (κ2) is 15.6. The molecule has 1 aromatic heterocycles. The number of benzene rings is 4. The van der Waals surface area contributed by atoms with Crippen LogP contribution >= 0.6 is 0 Å². The van der Waals surface area contributed by atoms with Gasteiger partial charge in [0, 0.05) is 36.9 Å². The molecule has 0 aliphatic rings. The van der Waals surface area contributed by atoms with Gasteiger partial charge in [-0.05, 0) is 53.6 Å². The molecule has 3 atom stereocenters. The molecule has 3 unspecified atom stereocenters. The minimum absolute atomic E-state index is 0.276. The second-order valence-corrected chi connectivity index (χ2v) is 11.2. The van der Waals surface area contributed by atoms with Gasteiger partial charge in [0.15, 0.2) is 0 Å². The first-order valence-electron chi connectivity index (χ1n) is 15.1. The zero-order valence-electron chi connectivity index (χ0n) is 24.7. The van der Waals surface area contributed by atoms with E-state index >= 15 is 0 Å². The SMILES string of the molecule is O=C(O)NC(Cc1ccccc1)CC(O)C(Cc1ccc(-c2ccccn2)cc1)N(Cc1ccccc1)Cc1ccccc1. The van der Waals surface area contributed by atoms with Crippen molar-refractivity contribution in [1.29, 1.82) is 0 Å². The Morgan fingerprint density at radius 3 is 1.70 bits per heavy atom. The number of hydrogen-bond donors (Lipinski definition) is 3. The van der Waals surface area contributed by atoms with E-state index in [0.29, 0.717) is 25.9 Å². The zero-order valence-corrected chi connectivity index (χ0v) is 24.7. The van der Waals surface area contributed by atoms with Crippen LogP contribution in [0, 0.1) is 0 Å². The highest BCUT2D eigenvalue weighted by atomic mass is 16.4. The van der Waals surface area contributed by atoms with Crippen LogP contribution < -0.4 is 5.32 Å². The van der Waals surface area contributed by atoms with E-state index in [1.54, 1.807) is 6.20 Å². The Labute approximate surface area is 259 Å². The van der Waals surface area contributed by atoms with Crippen molar-refractivity contribution in [3.8, 4) is 11.3 Å². The Bertz CT molecular complexity index is 1510. The molecule has 1 amide bonds. The van der Waals surface area contributed by atoms with Crippen molar-refractivity contribution in [2.45, 2.75) is 50.5 Å². The molecular weight excluding hydrogens is 546 g/mol. The van der Waals surface area contributed by atoms with Crippen LogP contribution in [-0.2, 0) is 25.9 Å². The third kappa shape index (κ3) is 9.11. The van der Waals surface area contributed by atoms with Crippen LogP contribution in [0.1, 0.15) is 28.7 Å². The van der Waals surface area contributed by atoms with Crippen LogP contribution in [0.4, 0.5) is 4.79 Å². The highest BCUT2D eigenvalue weighted by Crippen LogP contribution is 2.24. The van der Waals surface area contributed by atoms with Gasteiger partial charge in [0.2, 0.25) is 0 Å². The average molecular weight is 586 g/mol. The van der Waals surface area contributed by atoms with Crippen molar-refractivity contribution in [1.82, 2.24) is 15.2 Å². The number of aromatic nitrogens is 1. The minimum atomic E-state index is -1.09. The fraction of sp³-hybridized carbons (Fsp3) is 0.211. The lowest BCUT2D eigenvalue weighted by molar-refractivity contribution is 0.0280. The second-order valence-electron chi connectivity index (χ2n) is 11.2. The number of aliphatic hydroxyl groups is 1. The van der Waals surface area contributed by atoms with Gasteiger partial charge in [-0.2, -0.15) is 0 Å². The first-order chi connectivity index (χ1) is 21.5. The van der Waals surface area contributed by atoms with Crippen LogP contribution in [0.5, 0.6) is 0 Å². The molecule has 44 heavy (non-hydrogen) atoms. The summed E-state index contributed by atoms with van der Waals surface area (Å²) in [5.41, 5.74) is 6.35. The molecule has 0 bridgehead atoms. The van der Waals surface area contributed by atoms with Crippen LogP contribution in [-0.4, -0.2) is 44.4 Å². The minimum Gasteiger partial charge on any atom is -0.465 e. The van der Waals surface area contributed by atoms with Gasteiger partial charge in [-0.25, -0.2) is 4.79 Å². The first-order valence-corrected chi connectivity index (χ1v) is 15.1. The predicted molar refractivity (Wildman–Crippen MR) is 175 cm³/mol. The maximum Gasteiger partial charge on any atom is 0.404 e. The lowest BCUT2D eigenvalue weighted by Gasteiger charge is -2.37. The van der Waals surface area contributed by atoms with E-state index in [0.717, 1.165) is 33.5 Å². The molecule has 0 aliphatic carbocycles. The van der Waals surface area contributed by atoms with Gasteiger partial charge in [0.05, 0.1) is 11.8 Å². The number of rotatable bonds is 14. The number of carbonyl (C=O) groups is 1. The number of aliphatic hydroxyl groups excluding tert-OH is 1. The number of pyridine rings is 1. The monoisotopic (exact) mass is 585 g/mol. The first kappa shape index (κ1) is 30.7. The van der Waals surface area contributed by atoms with Crippen molar-refractivity contribution in [2.24, 2.45) is 0 Å². The number of nitrogens with zero attached hydrogens (tertiary/aromatic N) is 2.